The van der Waals surface area contributed by atoms with Gasteiger partial charge in [-0.2, -0.15) is 0 Å². The SMILES string of the molecule is CNC1=NC(CC(C)=O)CS1. The Morgan fingerprint density at radius 1 is 1.91 bits per heavy atom. The summed E-state index contributed by atoms with van der Waals surface area (Å²) in [6, 6.07) is 0.208. The Hall–Kier alpha value is -0.510. The van der Waals surface area contributed by atoms with E-state index in [0.29, 0.717) is 6.42 Å². The zero-order valence-electron chi connectivity index (χ0n) is 6.76. The molecule has 1 atom stereocenters. The van der Waals surface area contributed by atoms with E-state index in [4.69, 9.17) is 0 Å². The number of carbonyl (C=O) groups is 1. The lowest BCUT2D eigenvalue weighted by molar-refractivity contribution is -0.117. The number of aliphatic imine (C=N–C) groups is 1. The molecule has 11 heavy (non-hydrogen) atoms. The van der Waals surface area contributed by atoms with Crippen molar-refractivity contribution in [3.8, 4) is 0 Å². The summed E-state index contributed by atoms with van der Waals surface area (Å²) in [7, 11) is 1.85. The molecule has 1 unspecified atom stereocenters. The zero-order valence-corrected chi connectivity index (χ0v) is 7.57. The van der Waals surface area contributed by atoms with Gasteiger partial charge in [-0.15, -0.1) is 0 Å². The number of rotatable bonds is 2. The second kappa shape index (κ2) is 3.76. The van der Waals surface area contributed by atoms with Gasteiger partial charge in [0.1, 0.15) is 5.78 Å². The van der Waals surface area contributed by atoms with Gasteiger partial charge in [0.2, 0.25) is 0 Å². The standard InChI is InChI=1S/C7H12N2OS/c1-5(10)3-6-4-11-7(8-2)9-6/h6H,3-4H2,1-2H3,(H,8,9). The van der Waals surface area contributed by atoms with E-state index in [-0.39, 0.29) is 11.8 Å². The number of Topliss-reactive ketones (excluding diaryl/α,β-unsaturated/α-hetero) is 1. The van der Waals surface area contributed by atoms with Gasteiger partial charge >= 0.3 is 0 Å². The third kappa shape index (κ3) is 2.54. The molecule has 0 fully saturated rings. The summed E-state index contributed by atoms with van der Waals surface area (Å²) in [5.74, 6) is 1.16. The molecule has 0 aromatic carbocycles. The average molecular weight is 172 g/mol. The first kappa shape index (κ1) is 8.59. The Kier molecular flexibility index (Phi) is 2.93. The summed E-state index contributed by atoms with van der Waals surface area (Å²) in [6.45, 7) is 1.61. The molecule has 1 N–H and O–H groups in total. The van der Waals surface area contributed by atoms with E-state index in [2.05, 4.69) is 10.3 Å². The predicted octanol–water partition coefficient (Wildman–Crippen LogP) is 0.656. The molecular formula is C7H12N2OS. The van der Waals surface area contributed by atoms with Gasteiger partial charge in [-0.3, -0.25) is 9.79 Å². The Labute approximate surface area is 70.7 Å². The minimum atomic E-state index is 0.208. The van der Waals surface area contributed by atoms with Crippen molar-refractivity contribution in [3.63, 3.8) is 0 Å². The molecule has 0 saturated heterocycles. The number of nitrogens with zero attached hydrogens (tertiary/aromatic N) is 1. The molecule has 0 radical (unpaired) electrons. The number of carbonyl (C=O) groups excluding carboxylic acids is 1. The van der Waals surface area contributed by atoms with Gasteiger partial charge in [0.25, 0.3) is 0 Å². The van der Waals surface area contributed by atoms with Crippen LogP contribution in [-0.2, 0) is 4.79 Å². The highest BCUT2D eigenvalue weighted by Gasteiger charge is 2.18. The molecule has 1 rings (SSSR count). The Morgan fingerprint density at radius 3 is 3.09 bits per heavy atom. The monoisotopic (exact) mass is 172 g/mol. The van der Waals surface area contributed by atoms with Gasteiger partial charge in [-0.05, 0) is 6.92 Å². The van der Waals surface area contributed by atoms with Gasteiger partial charge in [-0.25, -0.2) is 0 Å². The topological polar surface area (TPSA) is 41.5 Å². The molecule has 0 saturated carbocycles. The fourth-order valence-electron chi connectivity index (χ4n) is 0.989. The number of amidine groups is 1. The zero-order chi connectivity index (χ0) is 8.27. The van der Waals surface area contributed by atoms with Crippen LogP contribution in [0.4, 0.5) is 0 Å². The third-order valence-corrected chi connectivity index (χ3v) is 2.58. The molecule has 0 amide bonds. The largest absolute Gasteiger partial charge is 0.368 e. The maximum atomic E-state index is 10.7. The highest BCUT2D eigenvalue weighted by Crippen LogP contribution is 2.18. The summed E-state index contributed by atoms with van der Waals surface area (Å²) in [6.07, 6.45) is 0.582. The second-order valence-electron chi connectivity index (χ2n) is 2.56. The summed E-state index contributed by atoms with van der Waals surface area (Å²) in [5, 5.41) is 3.92. The van der Waals surface area contributed by atoms with Crippen molar-refractivity contribution in [2.75, 3.05) is 12.8 Å². The van der Waals surface area contributed by atoms with Gasteiger partial charge in [0.15, 0.2) is 5.17 Å². The predicted molar refractivity (Wildman–Crippen MR) is 48.0 cm³/mol. The minimum absolute atomic E-state index is 0.208. The van der Waals surface area contributed by atoms with Crippen molar-refractivity contribution in [3.05, 3.63) is 0 Å². The average Bonchev–Trinajstić information content (AvgIpc) is 2.34. The maximum Gasteiger partial charge on any atom is 0.156 e. The molecule has 3 nitrogen and oxygen atoms in total. The fourth-order valence-corrected chi connectivity index (χ4v) is 1.90. The van der Waals surface area contributed by atoms with Crippen LogP contribution in [0.25, 0.3) is 0 Å². The van der Waals surface area contributed by atoms with E-state index in [1.165, 1.54) is 0 Å². The molecule has 0 spiro atoms. The number of hydrogen-bond donors (Lipinski definition) is 1. The fraction of sp³-hybridized carbons (Fsp3) is 0.714. The highest BCUT2D eigenvalue weighted by atomic mass is 32.2. The first-order valence-electron chi connectivity index (χ1n) is 3.60. The molecule has 1 aliphatic rings. The van der Waals surface area contributed by atoms with E-state index in [0.717, 1.165) is 10.9 Å². The molecule has 1 heterocycles. The lowest BCUT2D eigenvalue weighted by atomic mass is 10.2. The van der Waals surface area contributed by atoms with Crippen LogP contribution in [0.2, 0.25) is 0 Å². The number of thioether (sulfide) groups is 1. The van der Waals surface area contributed by atoms with E-state index in [1.807, 2.05) is 7.05 Å². The van der Waals surface area contributed by atoms with Crippen molar-refractivity contribution < 1.29 is 4.79 Å². The molecule has 62 valence electrons. The van der Waals surface area contributed by atoms with Crippen molar-refractivity contribution in [2.24, 2.45) is 4.99 Å². The molecule has 0 aliphatic carbocycles. The van der Waals surface area contributed by atoms with Gasteiger partial charge in [0.05, 0.1) is 6.04 Å². The lowest BCUT2D eigenvalue weighted by Crippen LogP contribution is -2.12. The maximum absolute atomic E-state index is 10.7. The first-order chi connectivity index (χ1) is 5.22. The lowest BCUT2D eigenvalue weighted by Gasteiger charge is -1.99. The Balaban J connectivity index is 2.39. The summed E-state index contributed by atoms with van der Waals surface area (Å²) >= 11 is 1.68. The van der Waals surface area contributed by atoms with E-state index < -0.39 is 0 Å². The van der Waals surface area contributed by atoms with Crippen LogP contribution < -0.4 is 5.32 Å². The van der Waals surface area contributed by atoms with Crippen LogP contribution in [-0.4, -0.2) is 29.8 Å². The highest BCUT2D eigenvalue weighted by molar-refractivity contribution is 8.14. The van der Waals surface area contributed by atoms with Crippen LogP contribution in [0.15, 0.2) is 4.99 Å². The summed E-state index contributed by atoms with van der Waals surface area (Å²) in [4.78, 5) is 15.0. The van der Waals surface area contributed by atoms with Gasteiger partial charge in [-0.1, -0.05) is 11.8 Å². The van der Waals surface area contributed by atoms with Crippen LogP contribution in [0, 0.1) is 0 Å². The van der Waals surface area contributed by atoms with Crippen LogP contribution >= 0.6 is 11.8 Å². The summed E-state index contributed by atoms with van der Waals surface area (Å²) in [5.41, 5.74) is 0. The van der Waals surface area contributed by atoms with Crippen molar-refractivity contribution in [1.82, 2.24) is 5.32 Å². The third-order valence-electron chi connectivity index (χ3n) is 1.45. The van der Waals surface area contributed by atoms with Crippen molar-refractivity contribution >= 4 is 22.7 Å². The van der Waals surface area contributed by atoms with Crippen LogP contribution in [0.3, 0.4) is 0 Å². The van der Waals surface area contributed by atoms with Crippen molar-refractivity contribution in [2.45, 2.75) is 19.4 Å². The van der Waals surface area contributed by atoms with Crippen LogP contribution in [0.5, 0.6) is 0 Å². The quantitative estimate of drug-likeness (QED) is 0.665. The number of hydrogen-bond acceptors (Lipinski definition) is 4. The summed E-state index contributed by atoms with van der Waals surface area (Å²) < 4.78 is 0. The molecule has 4 heteroatoms. The first-order valence-corrected chi connectivity index (χ1v) is 4.58. The molecule has 0 aromatic rings. The molecule has 0 aromatic heterocycles. The van der Waals surface area contributed by atoms with E-state index in [9.17, 15) is 4.79 Å². The van der Waals surface area contributed by atoms with Gasteiger partial charge < -0.3 is 5.32 Å². The number of nitrogens with one attached hydrogen (secondary N) is 1. The molecule has 0 bridgehead atoms. The minimum Gasteiger partial charge on any atom is -0.368 e. The second-order valence-corrected chi connectivity index (χ2v) is 3.56. The van der Waals surface area contributed by atoms with Crippen LogP contribution in [0.1, 0.15) is 13.3 Å². The normalized spacial score (nSPS) is 23.1. The molecular weight excluding hydrogens is 160 g/mol. The number of ketones is 1. The Morgan fingerprint density at radius 2 is 2.64 bits per heavy atom. The van der Waals surface area contributed by atoms with Crippen molar-refractivity contribution in [1.29, 1.82) is 0 Å². The smallest absolute Gasteiger partial charge is 0.156 e. The Bertz CT molecular complexity index is 191. The van der Waals surface area contributed by atoms with E-state index >= 15 is 0 Å². The van der Waals surface area contributed by atoms with Gasteiger partial charge in [0, 0.05) is 19.2 Å². The molecule has 1 aliphatic heterocycles. The van der Waals surface area contributed by atoms with E-state index in [1.54, 1.807) is 18.7 Å².